The molecule has 5 rings (SSSR count). The van der Waals surface area contributed by atoms with Crippen LogP contribution in [-0.2, 0) is 19.4 Å². The van der Waals surface area contributed by atoms with Gasteiger partial charge < -0.3 is 4.90 Å². The first-order valence-electron chi connectivity index (χ1n) is 14.9. The number of rotatable bonds is 6. The number of carbonyl (C=O) groups excluding carboxylic acids is 2. The molecule has 0 aromatic carbocycles. The lowest BCUT2D eigenvalue weighted by Crippen LogP contribution is -2.53. The van der Waals surface area contributed by atoms with Crippen molar-refractivity contribution < 1.29 is 18.0 Å². The molecule has 9 atom stereocenters. The average molecular weight is 520 g/mol. The summed E-state index contributed by atoms with van der Waals surface area (Å²) >= 11 is 0. The predicted molar refractivity (Wildman–Crippen MR) is 143 cm³/mol. The summed E-state index contributed by atoms with van der Waals surface area (Å²) < 4.78 is 23.6. The zero-order valence-electron chi connectivity index (χ0n) is 23.1. The Labute approximate surface area is 219 Å². The number of fused-ring (bicyclic) bond motifs is 5. The molecule has 0 radical (unpaired) electrons. The van der Waals surface area contributed by atoms with E-state index >= 15 is 0 Å². The summed E-state index contributed by atoms with van der Waals surface area (Å²) in [6, 6.07) is -0.127. The molecule has 1 saturated heterocycles. The Balaban J connectivity index is 1.21. The Hall–Kier alpha value is -0.910. The topological polar surface area (TPSA) is 71.5 Å². The SMILES string of the molecule is C[C@H](CCC(=O)N1CCC[C@H]1CS(C)(=O)=O)[C@H]1CC[C@H]2[C@@H]3CC[C@@H]4CC(=O)CC[C@]4(C)[C@H]3CC[C@]12C. The molecule has 204 valence electrons. The van der Waals surface area contributed by atoms with Crippen LogP contribution in [-0.4, -0.2) is 49.6 Å². The van der Waals surface area contributed by atoms with E-state index in [0.717, 1.165) is 56.3 Å². The number of sulfone groups is 1. The van der Waals surface area contributed by atoms with Gasteiger partial charge in [0, 0.05) is 38.1 Å². The summed E-state index contributed by atoms with van der Waals surface area (Å²) in [6.45, 7) is 8.19. The van der Waals surface area contributed by atoms with E-state index in [1.807, 2.05) is 4.90 Å². The Bertz CT molecular complexity index is 977. The van der Waals surface area contributed by atoms with Crippen molar-refractivity contribution in [2.75, 3.05) is 18.6 Å². The van der Waals surface area contributed by atoms with Gasteiger partial charge in [-0.25, -0.2) is 8.42 Å². The molecular weight excluding hydrogens is 470 g/mol. The maximum atomic E-state index is 13.1. The number of hydrogen-bond donors (Lipinski definition) is 0. The maximum absolute atomic E-state index is 13.1. The van der Waals surface area contributed by atoms with Gasteiger partial charge in [0.15, 0.2) is 0 Å². The van der Waals surface area contributed by atoms with Crippen molar-refractivity contribution in [3.8, 4) is 0 Å². The van der Waals surface area contributed by atoms with Crippen LogP contribution in [0.5, 0.6) is 0 Å². The third kappa shape index (κ3) is 4.71. The van der Waals surface area contributed by atoms with E-state index in [9.17, 15) is 18.0 Å². The molecule has 4 saturated carbocycles. The zero-order chi connectivity index (χ0) is 25.9. The van der Waals surface area contributed by atoms with Crippen molar-refractivity contribution >= 4 is 21.5 Å². The highest BCUT2D eigenvalue weighted by Gasteiger charge is 2.60. The summed E-state index contributed by atoms with van der Waals surface area (Å²) in [4.78, 5) is 27.2. The van der Waals surface area contributed by atoms with Crippen LogP contribution < -0.4 is 0 Å². The van der Waals surface area contributed by atoms with Crippen molar-refractivity contribution in [2.24, 2.45) is 46.3 Å². The molecule has 5 nitrogen and oxygen atoms in total. The molecule has 6 heteroatoms. The van der Waals surface area contributed by atoms with Crippen molar-refractivity contribution in [3.63, 3.8) is 0 Å². The molecule has 36 heavy (non-hydrogen) atoms. The number of hydrogen-bond acceptors (Lipinski definition) is 4. The van der Waals surface area contributed by atoms with Gasteiger partial charge in [0.05, 0.1) is 5.75 Å². The van der Waals surface area contributed by atoms with Crippen LogP contribution in [0.25, 0.3) is 0 Å². The predicted octanol–water partition coefficient (Wildman–Crippen LogP) is 5.67. The first-order valence-corrected chi connectivity index (χ1v) is 17.0. The normalized spacial score (nSPS) is 43.6. The molecule has 0 aromatic rings. The lowest BCUT2D eigenvalue weighted by atomic mass is 9.44. The smallest absolute Gasteiger partial charge is 0.222 e. The second kappa shape index (κ2) is 9.68. The third-order valence-corrected chi connectivity index (χ3v) is 13.2. The van der Waals surface area contributed by atoms with Gasteiger partial charge in [-0.15, -0.1) is 0 Å². The molecule has 1 aliphatic heterocycles. The van der Waals surface area contributed by atoms with Gasteiger partial charge in [-0.2, -0.15) is 0 Å². The van der Waals surface area contributed by atoms with Gasteiger partial charge in [0.25, 0.3) is 0 Å². The van der Waals surface area contributed by atoms with Crippen LogP contribution in [0.3, 0.4) is 0 Å². The van der Waals surface area contributed by atoms with Gasteiger partial charge in [0.2, 0.25) is 5.91 Å². The second-order valence-corrected chi connectivity index (χ2v) is 16.3. The molecule has 1 heterocycles. The fourth-order valence-corrected chi connectivity index (χ4v) is 11.4. The largest absolute Gasteiger partial charge is 0.339 e. The maximum Gasteiger partial charge on any atom is 0.222 e. The molecule has 0 bridgehead atoms. The highest BCUT2D eigenvalue weighted by molar-refractivity contribution is 7.90. The minimum atomic E-state index is -3.07. The van der Waals surface area contributed by atoms with E-state index in [1.54, 1.807) is 0 Å². The molecule has 0 N–H and O–H groups in total. The summed E-state index contributed by atoms with van der Waals surface area (Å²) in [5, 5.41) is 0. The van der Waals surface area contributed by atoms with Crippen LogP contribution in [0.2, 0.25) is 0 Å². The van der Waals surface area contributed by atoms with Crippen LogP contribution in [0, 0.1) is 46.3 Å². The summed E-state index contributed by atoms with van der Waals surface area (Å²) in [5.74, 6) is 4.99. The fourth-order valence-electron chi connectivity index (χ4n) is 10.4. The lowest BCUT2D eigenvalue weighted by Gasteiger charge is -2.60. The van der Waals surface area contributed by atoms with Gasteiger partial charge in [0.1, 0.15) is 15.6 Å². The zero-order valence-corrected chi connectivity index (χ0v) is 24.0. The standard InChI is InChI=1S/C30H49NO4S/c1-20(7-12-28(33)31-17-5-6-22(31)19-36(4,34)35)25-10-11-26-24-9-8-21-18-23(32)13-15-29(21,2)27(24)14-16-30(25,26)3/h20-22,24-27H,5-19H2,1-4H3/t20-,21-,22+,24+,25-,26+,27+,29+,30-/m1/s1. The van der Waals surface area contributed by atoms with Gasteiger partial charge in [-0.3, -0.25) is 9.59 Å². The molecular formula is C30H49NO4S. The number of ketones is 1. The van der Waals surface area contributed by atoms with Crippen LogP contribution in [0.1, 0.15) is 104 Å². The Morgan fingerprint density at radius 2 is 1.78 bits per heavy atom. The number of carbonyl (C=O) groups is 2. The fraction of sp³-hybridized carbons (Fsp3) is 0.933. The minimum absolute atomic E-state index is 0.104. The number of nitrogens with zero attached hydrogens (tertiary/aromatic N) is 1. The first-order chi connectivity index (χ1) is 16.9. The van der Waals surface area contributed by atoms with Gasteiger partial charge in [-0.05, 0) is 111 Å². The molecule has 4 aliphatic carbocycles. The highest BCUT2D eigenvalue weighted by Crippen LogP contribution is 2.68. The van der Waals surface area contributed by atoms with E-state index in [0.29, 0.717) is 47.3 Å². The Kier molecular flexibility index (Phi) is 7.18. The highest BCUT2D eigenvalue weighted by atomic mass is 32.2. The Morgan fingerprint density at radius 1 is 1.03 bits per heavy atom. The van der Waals surface area contributed by atoms with Crippen molar-refractivity contribution in [2.45, 2.75) is 110 Å². The second-order valence-electron chi connectivity index (χ2n) is 14.1. The molecule has 5 fully saturated rings. The third-order valence-electron chi connectivity index (χ3n) is 12.2. The monoisotopic (exact) mass is 519 g/mol. The van der Waals surface area contributed by atoms with E-state index in [1.165, 1.54) is 44.8 Å². The van der Waals surface area contributed by atoms with Gasteiger partial charge in [-0.1, -0.05) is 20.8 Å². The summed E-state index contributed by atoms with van der Waals surface area (Å²) in [6.07, 6.45) is 15.0. The molecule has 0 spiro atoms. The van der Waals surface area contributed by atoms with E-state index < -0.39 is 9.84 Å². The van der Waals surface area contributed by atoms with Crippen LogP contribution >= 0.6 is 0 Å². The number of likely N-dealkylation sites (tertiary alicyclic amines) is 1. The Morgan fingerprint density at radius 3 is 2.53 bits per heavy atom. The number of amides is 1. The van der Waals surface area contributed by atoms with Crippen LogP contribution in [0.4, 0.5) is 0 Å². The summed E-state index contributed by atoms with van der Waals surface area (Å²) in [5.41, 5.74) is 0.746. The number of Topliss-reactive ketones (excluding diaryl/α,β-unsaturated/α-hetero) is 1. The minimum Gasteiger partial charge on any atom is -0.339 e. The van der Waals surface area contributed by atoms with E-state index in [-0.39, 0.29) is 17.7 Å². The van der Waals surface area contributed by atoms with Crippen LogP contribution in [0.15, 0.2) is 0 Å². The van der Waals surface area contributed by atoms with Gasteiger partial charge >= 0.3 is 0 Å². The molecule has 0 aromatic heterocycles. The molecule has 1 amide bonds. The van der Waals surface area contributed by atoms with Crippen molar-refractivity contribution in [1.29, 1.82) is 0 Å². The molecule has 0 unspecified atom stereocenters. The average Bonchev–Trinajstić information content (AvgIpc) is 3.40. The van der Waals surface area contributed by atoms with Crippen molar-refractivity contribution in [3.05, 3.63) is 0 Å². The first kappa shape index (κ1) is 26.7. The van der Waals surface area contributed by atoms with Crippen molar-refractivity contribution in [1.82, 2.24) is 4.90 Å². The summed E-state index contributed by atoms with van der Waals surface area (Å²) in [7, 11) is -3.07. The lowest BCUT2D eigenvalue weighted by molar-refractivity contribution is -0.140. The quantitative estimate of drug-likeness (QED) is 0.454. The van der Waals surface area contributed by atoms with E-state index in [2.05, 4.69) is 20.8 Å². The molecule has 5 aliphatic rings. The van der Waals surface area contributed by atoms with E-state index in [4.69, 9.17) is 0 Å².